The molecule has 2 fully saturated rings. The van der Waals surface area contributed by atoms with Crippen molar-refractivity contribution < 1.29 is 5.11 Å². The molecule has 1 N–H and O–H groups in total. The summed E-state index contributed by atoms with van der Waals surface area (Å²) in [6, 6.07) is 0.697. The molecule has 2 aliphatic carbocycles. The van der Waals surface area contributed by atoms with E-state index in [2.05, 4.69) is 14.8 Å². The predicted octanol–water partition coefficient (Wildman–Crippen LogP) is 3.14. The Hall–Kier alpha value is -0.550. The van der Waals surface area contributed by atoms with Crippen molar-refractivity contribution in [3.63, 3.8) is 0 Å². The van der Waals surface area contributed by atoms with E-state index < -0.39 is 0 Å². The lowest BCUT2D eigenvalue weighted by Gasteiger charge is -2.07. The van der Waals surface area contributed by atoms with Crippen LogP contribution in [0.3, 0.4) is 0 Å². The summed E-state index contributed by atoms with van der Waals surface area (Å²) in [5.74, 6) is 3.08. The maximum absolute atomic E-state index is 8.74. The molecule has 19 heavy (non-hydrogen) atoms. The average molecular weight is 281 g/mol. The molecule has 3 rings (SSSR count). The fourth-order valence-corrected chi connectivity index (χ4v) is 3.42. The minimum atomic E-state index is 0.327. The second kappa shape index (κ2) is 6.27. The van der Waals surface area contributed by atoms with Crippen molar-refractivity contribution >= 4 is 11.8 Å². The third kappa shape index (κ3) is 3.51. The van der Waals surface area contributed by atoms with Crippen LogP contribution in [-0.4, -0.2) is 32.2 Å². The molecule has 0 radical (unpaired) electrons. The molecule has 2 aliphatic rings. The van der Waals surface area contributed by atoms with Crippen LogP contribution < -0.4 is 0 Å². The highest BCUT2D eigenvalue weighted by molar-refractivity contribution is 7.99. The molecular formula is C14H23N3OS. The van der Waals surface area contributed by atoms with Crippen LogP contribution in [0.1, 0.15) is 69.2 Å². The zero-order valence-corrected chi connectivity index (χ0v) is 12.2. The van der Waals surface area contributed by atoms with Crippen molar-refractivity contribution in [3.05, 3.63) is 5.82 Å². The number of aromatic nitrogens is 3. The Morgan fingerprint density at radius 2 is 1.84 bits per heavy atom. The quantitative estimate of drug-likeness (QED) is 0.558. The van der Waals surface area contributed by atoms with Crippen molar-refractivity contribution in [3.8, 4) is 0 Å². The summed E-state index contributed by atoms with van der Waals surface area (Å²) in [5, 5.41) is 18.7. The van der Waals surface area contributed by atoms with Crippen LogP contribution in [0.2, 0.25) is 0 Å². The van der Waals surface area contributed by atoms with Crippen molar-refractivity contribution in [2.24, 2.45) is 0 Å². The van der Waals surface area contributed by atoms with Gasteiger partial charge in [-0.2, -0.15) is 0 Å². The Bertz CT molecular complexity index is 413. The molecule has 2 saturated carbocycles. The number of hydrogen-bond acceptors (Lipinski definition) is 4. The zero-order chi connectivity index (χ0) is 13.1. The normalized spacial score (nSPS) is 19.0. The van der Waals surface area contributed by atoms with Gasteiger partial charge in [0.15, 0.2) is 5.16 Å². The van der Waals surface area contributed by atoms with Crippen LogP contribution in [0.4, 0.5) is 0 Å². The van der Waals surface area contributed by atoms with Gasteiger partial charge in [-0.15, -0.1) is 10.2 Å². The van der Waals surface area contributed by atoms with Gasteiger partial charge in [-0.05, 0) is 38.5 Å². The maximum atomic E-state index is 8.74. The van der Waals surface area contributed by atoms with E-state index in [-0.39, 0.29) is 0 Å². The van der Waals surface area contributed by atoms with E-state index in [0.717, 1.165) is 23.8 Å². The summed E-state index contributed by atoms with van der Waals surface area (Å²) < 4.78 is 2.43. The summed E-state index contributed by atoms with van der Waals surface area (Å²) in [7, 11) is 0. The van der Waals surface area contributed by atoms with Gasteiger partial charge in [0, 0.05) is 24.3 Å². The fraction of sp³-hybridized carbons (Fsp3) is 0.857. The highest BCUT2D eigenvalue weighted by Gasteiger charge is 2.36. The second-order valence-corrected chi connectivity index (χ2v) is 6.76. The first kappa shape index (κ1) is 13.4. The molecule has 0 unspecified atom stereocenters. The standard InChI is InChI=1S/C14H23N3OS/c18-9-3-1-2-4-10-19-14-16-15-13(11-5-6-11)17(14)12-7-8-12/h11-12,18H,1-10H2. The zero-order valence-electron chi connectivity index (χ0n) is 11.4. The predicted molar refractivity (Wildman–Crippen MR) is 76.5 cm³/mol. The first-order chi connectivity index (χ1) is 9.40. The highest BCUT2D eigenvalue weighted by atomic mass is 32.2. The highest BCUT2D eigenvalue weighted by Crippen LogP contribution is 2.46. The Kier molecular flexibility index (Phi) is 4.43. The molecule has 0 aromatic carbocycles. The summed E-state index contributed by atoms with van der Waals surface area (Å²) >= 11 is 1.87. The monoisotopic (exact) mass is 281 g/mol. The van der Waals surface area contributed by atoms with Gasteiger partial charge < -0.3 is 9.67 Å². The third-order valence-electron chi connectivity index (χ3n) is 3.83. The third-order valence-corrected chi connectivity index (χ3v) is 4.86. The number of nitrogens with zero attached hydrogens (tertiary/aromatic N) is 3. The van der Waals surface area contributed by atoms with Crippen LogP contribution in [0.15, 0.2) is 5.16 Å². The molecule has 0 bridgehead atoms. The number of unbranched alkanes of at least 4 members (excludes halogenated alkanes) is 3. The van der Waals surface area contributed by atoms with Crippen molar-refractivity contribution in [1.82, 2.24) is 14.8 Å². The molecule has 0 atom stereocenters. The SMILES string of the molecule is OCCCCCCSc1nnc(C2CC2)n1C1CC1. The molecule has 0 spiro atoms. The molecule has 0 saturated heterocycles. The molecule has 5 heteroatoms. The maximum Gasteiger partial charge on any atom is 0.191 e. The Morgan fingerprint density at radius 1 is 1.05 bits per heavy atom. The van der Waals surface area contributed by atoms with Gasteiger partial charge in [0.2, 0.25) is 0 Å². The summed E-state index contributed by atoms with van der Waals surface area (Å²) in [6.07, 6.45) is 9.72. The average Bonchev–Trinajstić information content (AvgIpc) is 3.32. The Balaban J connectivity index is 1.50. The first-order valence-corrected chi connectivity index (χ1v) is 8.57. The van der Waals surface area contributed by atoms with Gasteiger partial charge in [0.1, 0.15) is 5.82 Å². The summed E-state index contributed by atoms with van der Waals surface area (Å²) in [5.41, 5.74) is 0. The number of thioether (sulfide) groups is 1. The smallest absolute Gasteiger partial charge is 0.191 e. The van der Waals surface area contributed by atoms with E-state index in [9.17, 15) is 0 Å². The second-order valence-electron chi connectivity index (χ2n) is 5.70. The van der Waals surface area contributed by atoms with E-state index in [4.69, 9.17) is 5.11 Å². The molecule has 0 aliphatic heterocycles. The largest absolute Gasteiger partial charge is 0.396 e. The summed E-state index contributed by atoms with van der Waals surface area (Å²) in [4.78, 5) is 0. The number of hydrogen-bond donors (Lipinski definition) is 1. The van der Waals surface area contributed by atoms with E-state index in [1.807, 2.05) is 11.8 Å². The molecule has 106 valence electrons. The van der Waals surface area contributed by atoms with Crippen molar-refractivity contribution in [1.29, 1.82) is 0 Å². The summed E-state index contributed by atoms with van der Waals surface area (Å²) in [6.45, 7) is 0.327. The van der Waals surface area contributed by atoms with Gasteiger partial charge in [0.25, 0.3) is 0 Å². The molecule has 1 aromatic rings. The van der Waals surface area contributed by atoms with Crippen LogP contribution >= 0.6 is 11.8 Å². The van der Waals surface area contributed by atoms with Gasteiger partial charge in [-0.1, -0.05) is 24.6 Å². The minimum absolute atomic E-state index is 0.327. The number of aliphatic hydroxyl groups is 1. The molecule has 1 heterocycles. The van der Waals surface area contributed by atoms with Gasteiger partial charge in [0.05, 0.1) is 0 Å². The van der Waals surface area contributed by atoms with E-state index in [0.29, 0.717) is 18.6 Å². The van der Waals surface area contributed by atoms with Crippen LogP contribution in [0, 0.1) is 0 Å². The van der Waals surface area contributed by atoms with E-state index >= 15 is 0 Å². The fourth-order valence-electron chi connectivity index (χ4n) is 2.41. The first-order valence-electron chi connectivity index (χ1n) is 7.58. The van der Waals surface area contributed by atoms with Crippen molar-refractivity contribution in [2.75, 3.05) is 12.4 Å². The Morgan fingerprint density at radius 3 is 2.53 bits per heavy atom. The van der Waals surface area contributed by atoms with Gasteiger partial charge in [-0.3, -0.25) is 0 Å². The van der Waals surface area contributed by atoms with Crippen LogP contribution in [0.5, 0.6) is 0 Å². The lowest BCUT2D eigenvalue weighted by Crippen LogP contribution is -2.02. The van der Waals surface area contributed by atoms with Crippen LogP contribution in [-0.2, 0) is 0 Å². The van der Waals surface area contributed by atoms with Crippen LogP contribution in [0.25, 0.3) is 0 Å². The molecule has 1 aromatic heterocycles. The topological polar surface area (TPSA) is 50.9 Å². The van der Waals surface area contributed by atoms with E-state index in [1.54, 1.807) is 0 Å². The lowest BCUT2D eigenvalue weighted by atomic mass is 10.2. The minimum Gasteiger partial charge on any atom is -0.396 e. The van der Waals surface area contributed by atoms with Crippen molar-refractivity contribution in [2.45, 2.75) is 68.5 Å². The number of rotatable bonds is 9. The molecule has 0 amide bonds. The molecular weight excluding hydrogens is 258 g/mol. The van der Waals surface area contributed by atoms with E-state index in [1.165, 1.54) is 44.3 Å². The lowest BCUT2D eigenvalue weighted by molar-refractivity contribution is 0.283. The van der Waals surface area contributed by atoms with Gasteiger partial charge in [-0.25, -0.2) is 0 Å². The van der Waals surface area contributed by atoms with Gasteiger partial charge >= 0.3 is 0 Å². The Labute approximate surface area is 119 Å². The molecule has 4 nitrogen and oxygen atoms in total. The number of aliphatic hydroxyl groups excluding tert-OH is 1.